The van der Waals surface area contributed by atoms with Gasteiger partial charge < -0.3 is 14.2 Å². The van der Waals surface area contributed by atoms with Crippen LogP contribution in [0.1, 0.15) is 0 Å². The highest BCUT2D eigenvalue weighted by molar-refractivity contribution is 7.80. The molecule has 0 heterocycles. The predicted molar refractivity (Wildman–Crippen MR) is 52.0 cm³/mol. The Balaban J connectivity index is 3.25. The number of hydrogen-bond donors (Lipinski definition) is 0. The summed E-state index contributed by atoms with van der Waals surface area (Å²) in [7, 11) is 4.68. The molecule has 3 nitrogen and oxygen atoms in total. The van der Waals surface area contributed by atoms with Gasteiger partial charge in [-0.05, 0) is 0 Å². The Labute approximate surface area is 83.0 Å². The molecule has 0 unspecified atom stereocenters. The maximum absolute atomic E-state index is 5.12. The van der Waals surface area contributed by atoms with E-state index in [4.69, 9.17) is 26.8 Å². The Morgan fingerprint density at radius 1 is 0.923 bits per heavy atom. The van der Waals surface area contributed by atoms with Gasteiger partial charge in [0.15, 0.2) is 11.5 Å². The second-order valence-electron chi connectivity index (χ2n) is 2.36. The van der Waals surface area contributed by atoms with Crippen LogP contribution in [0.5, 0.6) is 17.2 Å². The van der Waals surface area contributed by atoms with E-state index >= 15 is 0 Å². The molecule has 0 aliphatic rings. The predicted octanol–water partition coefficient (Wildman–Crippen LogP) is 2.27. The van der Waals surface area contributed by atoms with Gasteiger partial charge in [0.25, 0.3) is 0 Å². The van der Waals surface area contributed by atoms with E-state index in [1.165, 1.54) is 0 Å². The van der Waals surface area contributed by atoms with Gasteiger partial charge >= 0.3 is 0 Å². The highest BCUT2D eigenvalue weighted by atomic mass is 32.1. The lowest BCUT2D eigenvalue weighted by atomic mass is 10.3. The zero-order valence-corrected chi connectivity index (χ0v) is 8.60. The van der Waals surface area contributed by atoms with Crippen molar-refractivity contribution in [3.05, 3.63) is 12.1 Å². The first-order chi connectivity index (χ1) is 6.22. The molecule has 0 aliphatic heterocycles. The maximum atomic E-state index is 5.12. The van der Waals surface area contributed by atoms with Crippen LogP contribution in [-0.4, -0.2) is 21.3 Å². The second kappa shape index (κ2) is 4.18. The lowest BCUT2D eigenvalue weighted by Gasteiger charge is -2.11. The van der Waals surface area contributed by atoms with Gasteiger partial charge in [0.1, 0.15) is 0 Å². The number of rotatable bonds is 3. The first-order valence-corrected chi connectivity index (χ1v) is 4.10. The van der Waals surface area contributed by atoms with Crippen molar-refractivity contribution in [2.75, 3.05) is 21.3 Å². The minimum atomic E-state index is 0.568. The van der Waals surface area contributed by atoms with Crippen LogP contribution < -0.4 is 14.2 Å². The van der Waals surface area contributed by atoms with E-state index < -0.39 is 0 Å². The SMILES string of the molecule is COc1cc([S])cc(OC)c1OC. The first kappa shape index (κ1) is 9.92. The second-order valence-corrected chi connectivity index (χ2v) is 2.83. The summed E-state index contributed by atoms with van der Waals surface area (Å²) in [5.74, 6) is 1.75. The third-order valence-corrected chi connectivity index (χ3v) is 1.87. The Bertz CT molecular complexity index is 274. The molecule has 0 bridgehead atoms. The Morgan fingerprint density at radius 2 is 1.38 bits per heavy atom. The Morgan fingerprint density at radius 3 is 1.69 bits per heavy atom. The Kier molecular flexibility index (Phi) is 3.19. The van der Waals surface area contributed by atoms with E-state index in [0.29, 0.717) is 22.1 Å². The molecular formula is C9H11O3S. The van der Waals surface area contributed by atoms with E-state index in [9.17, 15) is 0 Å². The molecule has 0 N–H and O–H groups in total. The van der Waals surface area contributed by atoms with Crippen molar-refractivity contribution in [1.29, 1.82) is 0 Å². The molecule has 0 fully saturated rings. The summed E-state index contributed by atoms with van der Waals surface area (Å²) in [5, 5.41) is 0. The van der Waals surface area contributed by atoms with Crippen LogP contribution in [0.15, 0.2) is 17.0 Å². The zero-order valence-electron chi connectivity index (χ0n) is 7.79. The fraction of sp³-hybridized carbons (Fsp3) is 0.333. The van der Waals surface area contributed by atoms with Gasteiger partial charge in [-0.1, -0.05) is 12.6 Å². The molecule has 0 saturated heterocycles. The standard InChI is InChI=1S/C9H11O3S/c1-10-7-4-6(13)5-8(11-2)9(7)12-3/h4-5H,1-3H3. The van der Waals surface area contributed by atoms with Crippen molar-refractivity contribution in [2.45, 2.75) is 4.90 Å². The van der Waals surface area contributed by atoms with Crippen molar-refractivity contribution >= 4 is 12.6 Å². The summed E-state index contributed by atoms with van der Waals surface area (Å²) in [4.78, 5) is 0.662. The van der Waals surface area contributed by atoms with Crippen LogP contribution in [-0.2, 0) is 0 Å². The smallest absolute Gasteiger partial charge is 0.203 e. The summed E-state index contributed by atoms with van der Waals surface area (Å²) >= 11 is 5.01. The number of benzene rings is 1. The summed E-state index contributed by atoms with van der Waals surface area (Å²) in [6, 6.07) is 3.44. The minimum absolute atomic E-state index is 0.568. The van der Waals surface area contributed by atoms with Crippen molar-refractivity contribution in [3.63, 3.8) is 0 Å². The summed E-state index contributed by atoms with van der Waals surface area (Å²) in [5.41, 5.74) is 0. The molecule has 1 aromatic carbocycles. The molecule has 0 amide bonds. The van der Waals surface area contributed by atoms with Gasteiger partial charge in [-0.3, -0.25) is 0 Å². The van der Waals surface area contributed by atoms with Gasteiger partial charge in [0, 0.05) is 17.0 Å². The largest absolute Gasteiger partial charge is 0.493 e. The fourth-order valence-corrected chi connectivity index (χ4v) is 1.27. The highest BCUT2D eigenvalue weighted by Crippen LogP contribution is 2.38. The monoisotopic (exact) mass is 199 g/mol. The van der Waals surface area contributed by atoms with E-state index in [0.717, 1.165) is 0 Å². The first-order valence-electron chi connectivity index (χ1n) is 3.70. The van der Waals surface area contributed by atoms with E-state index in [2.05, 4.69) is 0 Å². The van der Waals surface area contributed by atoms with Crippen LogP contribution in [0.4, 0.5) is 0 Å². The molecule has 0 atom stereocenters. The molecule has 1 aromatic rings. The number of hydrogen-bond acceptors (Lipinski definition) is 3. The van der Waals surface area contributed by atoms with Crippen molar-refractivity contribution < 1.29 is 14.2 Å². The maximum Gasteiger partial charge on any atom is 0.203 e. The molecule has 0 aromatic heterocycles. The van der Waals surface area contributed by atoms with Gasteiger partial charge in [-0.25, -0.2) is 0 Å². The van der Waals surface area contributed by atoms with E-state index in [1.54, 1.807) is 33.5 Å². The minimum Gasteiger partial charge on any atom is -0.493 e. The van der Waals surface area contributed by atoms with Crippen LogP contribution in [0, 0.1) is 0 Å². The van der Waals surface area contributed by atoms with Crippen LogP contribution in [0.3, 0.4) is 0 Å². The lowest BCUT2D eigenvalue weighted by molar-refractivity contribution is 0.323. The van der Waals surface area contributed by atoms with Crippen LogP contribution >= 0.6 is 12.6 Å². The summed E-state index contributed by atoms with van der Waals surface area (Å²) < 4.78 is 15.3. The number of methoxy groups -OCH3 is 3. The number of ether oxygens (including phenoxy) is 3. The lowest BCUT2D eigenvalue weighted by Crippen LogP contribution is -1.94. The summed E-state index contributed by atoms with van der Waals surface area (Å²) in [6.45, 7) is 0. The molecule has 4 heteroatoms. The Hall–Kier alpha value is -1.16. The van der Waals surface area contributed by atoms with Gasteiger partial charge in [0.2, 0.25) is 5.75 Å². The molecule has 0 aliphatic carbocycles. The normalized spacial score (nSPS) is 9.46. The van der Waals surface area contributed by atoms with Crippen LogP contribution in [0.2, 0.25) is 0 Å². The van der Waals surface area contributed by atoms with Gasteiger partial charge in [-0.15, -0.1) is 0 Å². The molecule has 13 heavy (non-hydrogen) atoms. The molecular weight excluding hydrogens is 188 g/mol. The van der Waals surface area contributed by atoms with Gasteiger partial charge in [0.05, 0.1) is 21.3 Å². The molecule has 0 saturated carbocycles. The van der Waals surface area contributed by atoms with Crippen molar-refractivity contribution in [1.82, 2.24) is 0 Å². The van der Waals surface area contributed by atoms with Crippen LogP contribution in [0.25, 0.3) is 0 Å². The van der Waals surface area contributed by atoms with Crippen molar-refractivity contribution in [2.24, 2.45) is 0 Å². The fourth-order valence-electron chi connectivity index (χ4n) is 1.06. The average molecular weight is 199 g/mol. The molecule has 1 rings (SSSR count). The van der Waals surface area contributed by atoms with Crippen molar-refractivity contribution in [3.8, 4) is 17.2 Å². The molecule has 71 valence electrons. The zero-order chi connectivity index (χ0) is 9.84. The summed E-state index contributed by atoms with van der Waals surface area (Å²) in [6.07, 6.45) is 0. The average Bonchev–Trinajstić information content (AvgIpc) is 2.16. The highest BCUT2D eigenvalue weighted by Gasteiger charge is 2.11. The third kappa shape index (κ3) is 1.95. The quantitative estimate of drug-likeness (QED) is 0.747. The van der Waals surface area contributed by atoms with Gasteiger partial charge in [-0.2, -0.15) is 0 Å². The third-order valence-electron chi connectivity index (χ3n) is 1.64. The molecule has 1 radical (unpaired) electrons. The topological polar surface area (TPSA) is 27.7 Å². The molecule has 0 spiro atoms. The van der Waals surface area contributed by atoms with E-state index in [1.807, 2.05) is 0 Å². The van der Waals surface area contributed by atoms with E-state index in [-0.39, 0.29) is 0 Å².